The molecule has 6 heterocycles. The number of ether oxygens (including phenoxy) is 2. The Morgan fingerprint density at radius 1 is 0.892 bits per heavy atom. The van der Waals surface area contributed by atoms with Crippen molar-refractivity contribution < 1.29 is 33.4 Å². The number of piperidine rings is 2. The van der Waals surface area contributed by atoms with Crippen molar-refractivity contribution in [3.63, 3.8) is 0 Å². The first-order chi connectivity index (χ1) is 31.7. The van der Waals surface area contributed by atoms with E-state index in [0.29, 0.717) is 105 Å². The molecule has 0 spiro atoms. The molecule has 0 saturated carbocycles. The average Bonchev–Trinajstić information content (AvgIpc) is 3.89. The summed E-state index contributed by atoms with van der Waals surface area (Å²) in [5.41, 5.74) is 10.0. The highest BCUT2D eigenvalue weighted by atomic mass is 32.2. The predicted octanol–water partition coefficient (Wildman–Crippen LogP) is 4.30. The van der Waals surface area contributed by atoms with Crippen LogP contribution < -0.4 is 15.8 Å². The van der Waals surface area contributed by atoms with E-state index in [-0.39, 0.29) is 42.7 Å². The number of imide groups is 1. The molecule has 4 aliphatic rings. The van der Waals surface area contributed by atoms with Gasteiger partial charge in [0.05, 0.1) is 18.0 Å². The third kappa shape index (κ3) is 9.74. The highest BCUT2D eigenvalue weighted by Gasteiger charge is 2.40. The smallest absolute Gasteiger partial charge is 0.255 e. The molecule has 1 unspecified atom stereocenters. The number of aromatic nitrogens is 4. The number of benzene rings is 3. The molecule has 65 heavy (non-hydrogen) atoms. The summed E-state index contributed by atoms with van der Waals surface area (Å²) in [6.45, 7) is 4.87. The summed E-state index contributed by atoms with van der Waals surface area (Å²) in [6.07, 6.45) is 7.16. The quantitative estimate of drug-likeness (QED) is 0.0693. The lowest BCUT2D eigenvalue weighted by atomic mass is 10.0. The minimum atomic E-state index is -0.663. The van der Waals surface area contributed by atoms with Gasteiger partial charge in [-0.05, 0) is 73.4 Å². The van der Waals surface area contributed by atoms with Crippen molar-refractivity contribution in [2.75, 3.05) is 70.5 Å². The number of nitrogen functional groups attached to an aromatic ring is 1. The number of nitrogens with zero attached hydrogens (tertiary/aromatic N) is 8. The molecule has 3 fully saturated rings. The number of fused-ring (bicyclic) bond motifs is 2. The molecular weight excluding hydrogens is 849 g/mol. The number of thioether (sulfide) groups is 1. The number of nitrogens with one attached hydrogen (secondary N) is 1. The predicted molar refractivity (Wildman–Crippen MR) is 243 cm³/mol. The Morgan fingerprint density at radius 2 is 1.69 bits per heavy atom. The van der Waals surface area contributed by atoms with E-state index in [2.05, 4.69) is 20.2 Å². The number of hydrogen-bond acceptors (Lipinski definition) is 13. The lowest BCUT2D eigenvalue weighted by molar-refractivity contribution is -0.138. The number of hydrogen-bond donors (Lipinski definition) is 2. The third-order valence-electron chi connectivity index (χ3n) is 12.3. The van der Waals surface area contributed by atoms with Crippen molar-refractivity contribution in [3.8, 4) is 22.8 Å². The number of anilines is 1. The Balaban J connectivity index is 0.712. The minimum Gasteiger partial charge on any atom is -0.457 e. The van der Waals surface area contributed by atoms with Gasteiger partial charge in [-0.1, -0.05) is 30.3 Å². The van der Waals surface area contributed by atoms with E-state index in [1.54, 1.807) is 28.8 Å². The second kappa shape index (κ2) is 19.6. The molecule has 0 radical (unpaired) electrons. The summed E-state index contributed by atoms with van der Waals surface area (Å²) in [5, 5.41) is 8.04. The van der Waals surface area contributed by atoms with E-state index in [1.165, 1.54) is 6.33 Å². The Kier molecular flexibility index (Phi) is 13.2. The summed E-state index contributed by atoms with van der Waals surface area (Å²) >= 11 is 1.54. The molecule has 5 amide bonds. The maximum absolute atomic E-state index is 13.5. The highest BCUT2D eigenvalue weighted by Crippen LogP contribution is 2.36. The van der Waals surface area contributed by atoms with Crippen LogP contribution in [-0.2, 0) is 30.5 Å². The Bertz CT molecular complexity index is 2620. The van der Waals surface area contributed by atoms with Gasteiger partial charge in [-0.15, -0.1) is 11.8 Å². The van der Waals surface area contributed by atoms with Crippen LogP contribution in [0.5, 0.6) is 11.5 Å². The van der Waals surface area contributed by atoms with Crippen molar-refractivity contribution in [2.24, 2.45) is 0 Å². The Morgan fingerprint density at radius 3 is 2.49 bits per heavy atom. The summed E-state index contributed by atoms with van der Waals surface area (Å²) in [5.74, 6) is 1.29. The van der Waals surface area contributed by atoms with Gasteiger partial charge in [-0.25, -0.2) is 14.6 Å². The van der Waals surface area contributed by atoms with Gasteiger partial charge in [0, 0.05) is 86.6 Å². The number of rotatable bonds is 14. The number of carbonyl (C=O) groups is 5. The van der Waals surface area contributed by atoms with Gasteiger partial charge in [0.15, 0.2) is 5.65 Å². The number of carbonyl (C=O) groups excluding carboxylic acids is 5. The van der Waals surface area contributed by atoms with Gasteiger partial charge in [0.25, 0.3) is 5.91 Å². The SMILES string of the molecule is Nc1ncnc2c1c(-c1ccc(Oc3ccccc3)cc1)nn2[C@@H]1CCCN(C(=O)/C=C/CN2CCN(C(=O)COCCSc3cccc4c3CN(C3CCC(=O)NC3=O)C4=O)CC2)C1. The summed E-state index contributed by atoms with van der Waals surface area (Å²) in [6, 6.07) is 22.0. The molecule has 0 bridgehead atoms. The van der Waals surface area contributed by atoms with E-state index in [4.69, 9.17) is 20.3 Å². The van der Waals surface area contributed by atoms with Crippen LogP contribution in [-0.4, -0.2) is 140 Å². The van der Waals surface area contributed by atoms with Crippen LogP contribution in [0, 0.1) is 0 Å². The Hall–Kier alpha value is -6.63. The monoisotopic (exact) mass is 898 g/mol. The minimum absolute atomic E-state index is 0.0197. The third-order valence-corrected chi connectivity index (χ3v) is 13.3. The molecule has 2 aromatic heterocycles. The number of piperazine rings is 1. The zero-order chi connectivity index (χ0) is 44.9. The van der Waals surface area contributed by atoms with Gasteiger partial charge >= 0.3 is 0 Å². The molecule has 9 rings (SSSR count). The molecule has 336 valence electrons. The fourth-order valence-corrected chi connectivity index (χ4v) is 9.80. The number of para-hydroxylation sites is 1. The van der Waals surface area contributed by atoms with Gasteiger partial charge in [0.1, 0.15) is 42.0 Å². The lowest BCUT2D eigenvalue weighted by Gasteiger charge is -2.34. The van der Waals surface area contributed by atoms with E-state index >= 15 is 0 Å². The van der Waals surface area contributed by atoms with Crippen LogP contribution in [0.2, 0.25) is 0 Å². The first-order valence-electron chi connectivity index (χ1n) is 21.9. The number of amides is 5. The van der Waals surface area contributed by atoms with Crippen LogP contribution in [0.25, 0.3) is 22.3 Å². The van der Waals surface area contributed by atoms with Gasteiger partial charge in [-0.2, -0.15) is 5.10 Å². The molecule has 5 aromatic rings. The number of nitrogens with two attached hydrogens (primary N) is 1. The summed E-state index contributed by atoms with van der Waals surface area (Å²) in [4.78, 5) is 80.9. The zero-order valence-electron chi connectivity index (χ0n) is 35.8. The largest absolute Gasteiger partial charge is 0.457 e. The van der Waals surface area contributed by atoms with E-state index in [0.717, 1.165) is 34.6 Å². The topological polar surface area (TPSA) is 198 Å². The molecular formula is C47H50N10O7S. The van der Waals surface area contributed by atoms with Crippen molar-refractivity contribution in [1.29, 1.82) is 0 Å². The van der Waals surface area contributed by atoms with Crippen molar-refractivity contribution >= 4 is 58.1 Å². The second-order valence-corrected chi connectivity index (χ2v) is 17.6. The molecule has 18 heteroatoms. The average molecular weight is 899 g/mol. The van der Waals surface area contributed by atoms with E-state index < -0.39 is 11.9 Å². The van der Waals surface area contributed by atoms with Crippen molar-refractivity contribution in [3.05, 3.63) is 102 Å². The lowest BCUT2D eigenvalue weighted by Crippen LogP contribution is -2.52. The standard InChI is InChI=1S/C47H50N10O7S/c48-44-42-43(31-13-15-34(16-14-31)64-33-8-2-1-3-9-33)52-57(45(42)50-30-49-44)32-7-5-20-55(27-32)40(59)12-6-19-53-21-23-54(24-22-53)41(60)29-63-25-26-65-38-11-4-10-35-36(38)28-56(47(35)62)37-17-18-39(58)51-46(37)61/h1-4,6,8-16,30,32,37H,5,7,17-29H2,(H2,48,49,50)(H,51,58,61)/b12-6+/t32-,37?/m1/s1. The molecule has 2 atom stereocenters. The maximum atomic E-state index is 13.5. The molecule has 3 aromatic carbocycles. The molecule has 0 aliphatic carbocycles. The van der Waals surface area contributed by atoms with Crippen LogP contribution in [0.1, 0.15) is 47.6 Å². The Labute approximate surface area is 379 Å². The molecule has 3 saturated heterocycles. The molecule has 3 N–H and O–H groups in total. The van der Waals surface area contributed by atoms with Crippen LogP contribution in [0.4, 0.5) is 5.82 Å². The summed E-state index contributed by atoms with van der Waals surface area (Å²) in [7, 11) is 0. The van der Waals surface area contributed by atoms with Crippen molar-refractivity contribution in [1.82, 2.24) is 44.7 Å². The second-order valence-electron chi connectivity index (χ2n) is 16.4. The maximum Gasteiger partial charge on any atom is 0.255 e. The van der Waals surface area contributed by atoms with Crippen LogP contribution in [0.3, 0.4) is 0 Å². The first-order valence-corrected chi connectivity index (χ1v) is 22.9. The highest BCUT2D eigenvalue weighted by molar-refractivity contribution is 7.99. The fourth-order valence-electron chi connectivity index (χ4n) is 8.85. The number of likely N-dealkylation sites (tertiary alicyclic amines) is 1. The van der Waals surface area contributed by atoms with Crippen molar-refractivity contribution in [2.45, 2.75) is 49.2 Å². The van der Waals surface area contributed by atoms with Gasteiger partial charge in [-0.3, -0.25) is 34.2 Å². The van der Waals surface area contributed by atoms with Crippen LogP contribution in [0.15, 0.2) is 96.2 Å². The van der Waals surface area contributed by atoms with Gasteiger partial charge in [0.2, 0.25) is 23.6 Å². The molecule has 17 nitrogen and oxygen atoms in total. The van der Waals surface area contributed by atoms with Crippen LogP contribution >= 0.6 is 11.8 Å². The van der Waals surface area contributed by atoms with E-state index in [1.807, 2.05) is 87.3 Å². The normalized spacial score (nSPS) is 19.3. The first kappa shape index (κ1) is 43.6. The molecule has 4 aliphatic heterocycles. The summed E-state index contributed by atoms with van der Waals surface area (Å²) < 4.78 is 13.7. The fraction of sp³-hybridized carbons (Fsp3) is 0.362. The zero-order valence-corrected chi connectivity index (χ0v) is 36.7. The van der Waals surface area contributed by atoms with Gasteiger partial charge < -0.3 is 29.9 Å². The van der Waals surface area contributed by atoms with E-state index in [9.17, 15) is 24.0 Å².